The lowest BCUT2D eigenvalue weighted by atomic mass is 10.1. The zero-order valence-electron chi connectivity index (χ0n) is 11.4. The van der Waals surface area contributed by atoms with Gasteiger partial charge in [0.2, 0.25) is 11.7 Å². The van der Waals surface area contributed by atoms with Gasteiger partial charge >= 0.3 is 13.5 Å². The van der Waals surface area contributed by atoms with Crippen LogP contribution in [0.3, 0.4) is 0 Å². The molecule has 3 heterocycles. The van der Waals surface area contributed by atoms with E-state index in [1.165, 1.54) is 17.2 Å². The summed E-state index contributed by atoms with van der Waals surface area (Å²) in [4.78, 5) is 28.0. The number of halogens is 1. The third-order valence-electron chi connectivity index (χ3n) is 3.39. The predicted molar refractivity (Wildman–Crippen MR) is 73.0 cm³/mol. The van der Waals surface area contributed by atoms with Gasteiger partial charge in [-0.15, -0.1) is 0 Å². The van der Waals surface area contributed by atoms with Crippen molar-refractivity contribution in [1.29, 1.82) is 0 Å². The highest BCUT2D eigenvalue weighted by atomic mass is 35.5. The van der Waals surface area contributed by atoms with E-state index in [1.54, 1.807) is 0 Å². The molecule has 2 aromatic heterocycles. The van der Waals surface area contributed by atoms with Gasteiger partial charge in [-0.05, 0) is 0 Å². The van der Waals surface area contributed by atoms with Crippen LogP contribution in [0.4, 0.5) is 0 Å². The number of hydrogen-bond donors (Lipinski definition) is 5. The number of nitrogens with one attached hydrogen (secondary N) is 1. The largest absolute Gasteiger partial charge is 0.469 e. The number of aliphatic hydroxyl groups excluding tert-OH is 2. The van der Waals surface area contributed by atoms with Gasteiger partial charge < -0.3 is 24.7 Å². The highest BCUT2D eigenvalue weighted by Gasteiger charge is 2.47. The van der Waals surface area contributed by atoms with Crippen LogP contribution in [-0.4, -0.2) is 59.9 Å². The van der Waals surface area contributed by atoms with Crippen molar-refractivity contribution in [1.82, 2.24) is 15.0 Å². The fourth-order valence-corrected chi connectivity index (χ4v) is 2.86. The number of aromatic nitrogens is 4. The van der Waals surface area contributed by atoms with Gasteiger partial charge in [-0.25, -0.2) is 14.1 Å². The van der Waals surface area contributed by atoms with Crippen molar-refractivity contribution in [3.63, 3.8) is 0 Å². The summed E-state index contributed by atoms with van der Waals surface area (Å²) in [6, 6.07) is 0. The van der Waals surface area contributed by atoms with E-state index in [1.807, 2.05) is 0 Å². The number of phosphoric acid groups is 1. The lowest BCUT2D eigenvalue weighted by Crippen LogP contribution is -2.45. The number of ether oxygens (including phenoxy) is 1. The van der Waals surface area contributed by atoms with Gasteiger partial charge in [0.1, 0.15) is 18.3 Å². The minimum atomic E-state index is -4.71. The van der Waals surface area contributed by atoms with Crippen molar-refractivity contribution in [3.05, 3.63) is 17.8 Å². The van der Waals surface area contributed by atoms with Crippen molar-refractivity contribution in [2.45, 2.75) is 24.5 Å². The van der Waals surface area contributed by atoms with Gasteiger partial charge in [-0.3, -0.25) is 9.51 Å². The lowest BCUT2D eigenvalue weighted by molar-refractivity contribution is -0.745. The molecule has 3 rings (SSSR count). The average Bonchev–Trinajstić information content (AvgIpc) is 3.01. The molecule has 0 saturated carbocycles. The van der Waals surface area contributed by atoms with E-state index < -0.39 is 39.0 Å². The Kier molecular flexibility index (Phi) is 4.38. The van der Waals surface area contributed by atoms with Crippen LogP contribution in [0.15, 0.2) is 12.7 Å². The molecule has 23 heavy (non-hydrogen) atoms. The summed E-state index contributed by atoms with van der Waals surface area (Å²) in [5, 5.41) is 20.3. The Bertz CT molecular complexity index is 767. The number of aliphatic hydroxyl groups is 2. The van der Waals surface area contributed by atoms with Crippen molar-refractivity contribution in [3.8, 4) is 0 Å². The molecule has 1 fully saturated rings. The van der Waals surface area contributed by atoms with E-state index in [2.05, 4.69) is 19.5 Å². The number of aromatic amines is 1. The summed E-state index contributed by atoms with van der Waals surface area (Å²) in [5.74, 6) is 0. The first-order valence-electron chi connectivity index (χ1n) is 6.38. The van der Waals surface area contributed by atoms with E-state index in [0.29, 0.717) is 11.2 Å². The molecule has 11 nitrogen and oxygen atoms in total. The maximum Gasteiger partial charge on any atom is 0.469 e. The van der Waals surface area contributed by atoms with Gasteiger partial charge in [0, 0.05) is 0 Å². The third-order valence-corrected chi connectivity index (χ3v) is 4.16. The fourth-order valence-electron chi connectivity index (χ4n) is 2.33. The van der Waals surface area contributed by atoms with Crippen LogP contribution in [0.25, 0.3) is 11.2 Å². The van der Waals surface area contributed by atoms with E-state index in [0.717, 1.165) is 0 Å². The Labute approximate surface area is 133 Å². The third kappa shape index (κ3) is 3.23. The molecule has 0 aliphatic carbocycles. The molecular weight excluding hydrogens is 355 g/mol. The summed E-state index contributed by atoms with van der Waals surface area (Å²) in [7, 11) is -4.71. The molecule has 0 unspecified atom stereocenters. The first-order valence-corrected chi connectivity index (χ1v) is 8.29. The quantitative estimate of drug-likeness (QED) is 0.249. The Hall–Kier alpha value is -1.17. The molecule has 0 amide bonds. The number of nitrogens with zero attached hydrogens (tertiary/aromatic N) is 3. The second-order valence-electron chi connectivity index (χ2n) is 4.88. The first-order chi connectivity index (χ1) is 10.8. The van der Waals surface area contributed by atoms with Gasteiger partial charge in [-0.1, -0.05) is 16.6 Å². The van der Waals surface area contributed by atoms with Crippen LogP contribution in [0.1, 0.15) is 6.23 Å². The molecule has 1 saturated heterocycles. The SMILES string of the molecule is O=P(O)(O)OC[C@@H]1O[C@@H]([n+]2c[nH]c3c(Cl)ncnc32)[C@H](O)[C@H]1O. The van der Waals surface area contributed by atoms with Crippen molar-refractivity contribution >= 4 is 30.6 Å². The van der Waals surface area contributed by atoms with E-state index >= 15 is 0 Å². The second-order valence-corrected chi connectivity index (χ2v) is 6.47. The average molecular weight is 368 g/mol. The van der Waals surface area contributed by atoms with Gasteiger partial charge in [0.05, 0.1) is 6.61 Å². The topological polar surface area (TPSA) is 162 Å². The molecule has 2 aromatic rings. The first kappa shape index (κ1) is 16.7. The predicted octanol–water partition coefficient (Wildman–Crippen LogP) is -1.37. The van der Waals surface area contributed by atoms with Crippen molar-refractivity contribution in [2.24, 2.45) is 0 Å². The Morgan fingerprint density at radius 1 is 1.39 bits per heavy atom. The zero-order valence-corrected chi connectivity index (χ0v) is 13.0. The molecule has 5 N–H and O–H groups in total. The number of fused-ring (bicyclic) bond motifs is 1. The maximum absolute atomic E-state index is 10.7. The van der Waals surface area contributed by atoms with Crippen molar-refractivity contribution in [2.75, 3.05) is 6.61 Å². The Morgan fingerprint density at radius 2 is 2.13 bits per heavy atom. The highest BCUT2D eigenvalue weighted by molar-refractivity contribution is 7.46. The maximum atomic E-state index is 10.7. The van der Waals surface area contributed by atoms with E-state index in [4.69, 9.17) is 26.1 Å². The zero-order chi connectivity index (χ0) is 16.8. The van der Waals surface area contributed by atoms with Gasteiger partial charge in [0.15, 0.2) is 17.8 Å². The summed E-state index contributed by atoms with van der Waals surface area (Å²) >= 11 is 5.92. The molecule has 4 atom stereocenters. The molecule has 0 bridgehead atoms. The van der Waals surface area contributed by atoms with Crippen LogP contribution in [0.2, 0.25) is 5.15 Å². The van der Waals surface area contributed by atoms with Crippen LogP contribution >= 0.6 is 19.4 Å². The molecule has 1 aliphatic rings. The number of rotatable bonds is 4. The minimum absolute atomic E-state index is 0.170. The van der Waals surface area contributed by atoms with Gasteiger partial charge in [0.25, 0.3) is 0 Å². The number of imidazole rings is 1. The Morgan fingerprint density at radius 3 is 2.83 bits per heavy atom. The monoisotopic (exact) mass is 367 g/mol. The summed E-state index contributed by atoms with van der Waals surface area (Å²) in [5.41, 5.74) is 0.743. The van der Waals surface area contributed by atoms with Crippen LogP contribution in [-0.2, 0) is 13.8 Å². The number of hydrogen-bond acceptors (Lipinski definition) is 7. The van der Waals surface area contributed by atoms with E-state index in [-0.39, 0.29) is 5.15 Å². The van der Waals surface area contributed by atoms with Crippen molar-refractivity contribution < 1.29 is 38.4 Å². The molecular formula is C10H13ClN4O7P+. The number of H-pyrrole nitrogens is 1. The molecule has 13 heteroatoms. The molecule has 0 spiro atoms. The van der Waals surface area contributed by atoms with Crippen LogP contribution in [0.5, 0.6) is 0 Å². The summed E-state index contributed by atoms with van der Waals surface area (Å²) < 4.78 is 21.9. The van der Waals surface area contributed by atoms with Gasteiger partial charge in [-0.2, -0.15) is 0 Å². The lowest BCUT2D eigenvalue weighted by Gasteiger charge is -2.14. The van der Waals surface area contributed by atoms with E-state index in [9.17, 15) is 14.8 Å². The molecule has 126 valence electrons. The highest BCUT2D eigenvalue weighted by Crippen LogP contribution is 2.37. The molecule has 0 aromatic carbocycles. The number of phosphoric ester groups is 1. The standard InChI is InChI=1S/C10H12ClN4O7P/c11-8-5-9(13-2-12-8)15(3-14-5)10-7(17)6(16)4(22-10)1-21-23(18,19)20/h2-4,6-7,10,16-17H,1H2,(H2,18,19,20)/p+1/t4-,6-,7+,10+/m0/s1. The smallest absolute Gasteiger partial charge is 0.387 e. The van der Waals surface area contributed by atoms with Crippen LogP contribution in [0, 0.1) is 0 Å². The molecule has 1 aliphatic heterocycles. The molecule has 0 radical (unpaired) electrons. The van der Waals surface area contributed by atoms with Crippen LogP contribution < -0.4 is 4.57 Å². The second kappa shape index (κ2) is 6.04. The Balaban J connectivity index is 1.85. The summed E-state index contributed by atoms with van der Waals surface area (Å²) in [6.07, 6.45) is -2.29. The summed E-state index contributed by atoms with van der Waals surface area (Å²) in [6.45, 7) is -0.586. The minimum Gasteiger partial charge on any atom is -0.387 e. The fraction of sp³-hybridized carbons (Fsp3) is 0.500. The normalized spacial score (nSPS) is 28.6.